The van der Waals surface area contributed by atoms with Crippen LogP contribution in [0.5, 0.6) is 0 Å². The Labute approximate surface area is 106 Å². The molecule has 1 aromatic carbocycles. The monoisotopic (exact) mass is 248 g/mol. The average molecular weight is 248 g/mol. The fourth-order valence-corrected chi connectivity index (χ4v) is 1.96. The van der Waals surface area contributed by atoms with Crippen LogP contribution in [-0.4, -0.2) is 14.7 Å². The predicted molar refractivity (Wildman–Crippen MR) is 67.5 cm³/mol. The zero-order valence-electron chi connectivity index (χ0n) is 10.6. The number of aryl methyl sites for hydroxylation is 2. The Morgan fingerprint density at radius 2 is 2.22 bits per heavy atom. The smallest absolute Gasteiger partial charge is 0.123 e. The summed E-state index contributed by atoms with van der Waals surface area (Å²) < 4.78 is 15.1. The highest BCUT2D eigenvalue weighted by Crippen LogP contribution is 2.26. The number of aliphatic hydroxyl groups is 1. The molecule has 4 heteroatoms. The molecule has 3 nitrogen and oxygen atoms in total. The van der Waals surface area contributed by atoms with Crippen LogP contribution >= 0.6 is 0 Å². The minimum atomic E-state index is -1.05. The van der Waals surface area contributed by atoms with Crippen LogP contribution in [0.1, 0.15) is 24.7 Å². The van der Waals surface area contributed by atoms with Gasteiger partial charge in [0.25, 0.3) is 0 Å². The highest BCUT2D eigenvalue weighted by Gasteiger charge is 2.23. The molecular formula is C14H17FN2O. The topological polar surface area (TPSA) is 38.0 Å². The van der Waals surface area contributed by atoms with E-state index < -0.39 is 5.60 Å². The molecule has 96 valence electrons. The van der Waals surface area contributed by atoms with Crippen LogP contribution in [0, 0.1) is 5.82 Å². The van der Waals surface area contributed by atoms with Crippen LogP contribution in [0.4, 0.5) is 4.39 Å². The largest absolute Gasteiger partial charge is 0.385 e. The number of imidazole rings is 1. The third-order valence-corrected chi connectivity index (χ3v) is 3.20. The van der Waals surface area contributed by atoms with Gasteiger partial charge in [0.05, 0.1) is 5.60 Å². The Kier molecular flexibility index (Phi) is 3.48. The van der Waals surface area contributed by atoms with Gasteiger partial charge < -0.3 is 9.67 Å². The molecule has 0 aliphatic rings. The van der Waals surface area contributed by atoms with E-state index in [0.717, 1.165) is 5.82 Å². The molecule has 1 unspecified atom stereocenters. The highest BCUT2D eigenvalue weighted by molar-refractivity contribution is 5.22. The molecule has 0 fully saturated rings. The van der Waals surface area contributed by atoms with Crippen LogP contribution in [-0.2, 0) is 19.1 Å². The van der Waals surface area contributed by atoms with Crippen molar-refractivity contribution in [3.05, 3.63) is 53.9 Å². The van der Waals surface area contributed by atoms with Gasteiger partial charge in [-0.05, 0) is 31.0 Å². The first kappa shape index (κ1) is 12.8. The Morgan fingerprint density at radius 3 is 2.83 bits per heavy atom. The number of hydrogen-bond donors (Lipinski definition) is 1. The molecule has 0 aliphatic heterocycles. The Bertz CT molecular complexity index is 534. The number of hydrogen-bond acceptors (Lipinski definition) is 2. The van der Waals surface area contributed by atoms with Crippen LogP contribution < -0.4 is 0 Å². The quantitative estimate of drug-likeness (QED) is 0.902. The van der Waals surface area contributed by atoms with Gasteiger partial charge in [0.2, 0.25) is 0 Å². The van der Waals surface area contributed by atoms with E-state index in [2.05, 4.69) is 4.98 Å². The Balaban J connectivity index is 2.10. The molecular weight excluding hydrogens is 231 g/mol. The molecule has 0 radical (unpaired) electrons. The maximum absolute atomic E-state index is 13.1. The van der Waals surface area contributed by atoms with Crippen LogP contribution in [0.2, 0.25) is 0 Å². The summed E-state index contributed by atoms with van der Waals surface area (Å²) in [6.07, 6.45) is 4.74. The van der Waals surface area contributed by atoms with E-state index in [1.54, 1.807) is 25.3 Å². The molecule has 0 amide bonds. The lowest BCUT2D eigenvalue weighted by Crippen LogP contribution is -2.22. The molecule has 2 rings (SSSR count). The fraction of sp³-hybridized carbons (Fsp3) is 0.357. The van der Waals surface area contributed by atoms with Crippen molar-refractivity contribution in [2.45, 2.75) is 25.4 Å². The second kappa shape index (κ2) is 4.90. The molecule has 0 spiro atoms. The third-order valence-electron chi connectivity index (χ3n) is 3.20. The number of aromatic nitrogens is 2. The zero-order valence-corrected chi connectivity index (χ0v) is 10.6. The fourth-order valence-electron chi connectivity index (χ4n) is 1.96. The van der Waals surface area contributed by atoms with Crippen molar-refractivity contribution in [2.75, 3.05) is 0 Å². The summed E-state index contributed by atoms with van der Waals surface area (Å²) in [5.74, 6) is 0.580. The van der Waals surface area contributed by atoms with Crippen LogP contribution in [0.15, 0.2) is 36.7 Å². The van der Waals surface area contributed by atoms with Gasteiger partial charge in [-0.3, -0.25) is 0 Å². The summed E-state index contributed by atoms with van der Waals surface area (Å²) in [6.45, 7) is 1.70. The van der Waals surface area contributed by atoms with Crippen LogP contribution in [0.25, 0.3) is 0 Å². The molecule has 1 N–H and O–H groups in total. The van der Waals surface area contributed by atoms with Gasteiger partial charge in [-0.2, -0.15) is 0 Å². The van der Waals surface area contributed by atoms with Gasteiger partial charge in [0, 0.05) is 25.9 Å². The van der Waals surface area contributed by atoms with Crippen molar-refractivity contribution in [3.8, 4) is 0 Å². The lowest BCUT2D eigenvalue weighted by molar-refractivity contribution is 0.0470. The molecule has 18 heavy (non-hydrogen) atoms. The van der Waals surface area contributed by atoms with Crippen molar-refractivity contribution in [3.63, 3.8) is 0 Å². The maximum Gasteiger partial charge on any atom is 0.123 e. The lowest BCUT2D eigenvalue weighted by atomic mass is 9.91. The van der Waals surface area contributed by atoms with E-state index in [1.807, 2.05) is 17.8 Å². The van der Waals surface area contributed by atoms with Gasteiger partial charge in [-0.1, -0.05) is 12.1 Å². The molecule has 1 aromatic heterocycles. The van der Waals surface area contributed by atoms with Crippen molar-refractivity contribution in [1.29, 1.82) is 0 Å². The zero-order chi connectivity index (χ0) is 13.2. The minimum absolute atomic E-state index is 0.329. The van der Waals surface area contributed by atoms with Crippen molar-refractivity contribution < 1.29 is 9.50 Å². The SMILES string of the molecule is Cn1ccnc1CCC(C)(O)c1cccc(F)c1. The number of halogens is 1. The molecule has 0 aliphatic carbocycles. The molecule has 1 atom stereocenters. The van der Waals surface area contributed by atoms with E-state index in [-0.39, 0.29) is 5.82 Å². The van der Waals surface area contributed by atoms with Gasteiger partial charge >= 0.3 is 0 Å². The first-order valence-corrected chi connectivity index (χ1v) is 5.94. The van der Waals surface area contributed by atoms with Crippen molar-refractivity contribution in [2.24, 2.45) is 7.05 Å². The molecule has 0 saturated heterocycles. The van der Waals surface area contributed by atoms with E-state index >= 15 is 0 Å². The molecule has 0 saturated carbocycles. The van der Waals surface area contributed by atoms with E-state index in [1.165, 1.54) is 12.1 Å². The first-order chi connectivity index (χ1) is 8.49. The van der Waals surface area contributed by atoms with E-state index in [0.29, 0.717) is 18.4 Å². The Morgan fingerprint density at radius 1 is 1.44 bits per heavy atom. The highest BCUT2D eigenvalue weighted by atomic mass is 19.1. The van der Waals surface area contributed by atoms with E-state index in [4.69, 9.17) is 0 Å². The molecule has 2 aromatic rings. The third kappa shape index (κ3) is 2.76. The summed E-state index contributed by atoms with van der Waals surface area (Å²) >= 11 is 0. The molecule has 1 heterocycles. The minimum Gasteiger partial charge on any atom is -0.385 e. The standard InChI is InChI=1S/C14H17FN2O/c1-14(18,11-4-3-5-12(15)10-11)7-6-13-16-8-9-17(13)2/h3-5,8-10,18H,6-7H2,1-2H3. The summed E-state index contributed by atoms with van der Waals surface area (Å²) in [5.41, 5.74) is -0.453. The summed E-state index contributed by atoms with van der Waals surface area (Å²) in [4.78, 5) is 4.21. The second-order valence-electron chi connectivity index (χ2n) is 4.74. The summed E-state index contributed by atoms with van der Waals surface area (Å²) in [5, 5.41) is 10.4. The van der Waals surface area contributed by atoms with E-state index in [9.17, 15) is 9.50 Å². The summed E-state index contributed by atoms with van der Waals surface area (Å²) in [7, 11) is 1.92. The Hall–Kier alpha value is -1.68. The predicted octanol–water partition coefficient (Wildman–Crippen LogP) is 2.40. The van der Waals surface area contributed by atoms with Gasteiger partial charge in [-0.25, -0.2) is 9.37 Å². The van der Waals surface area contributed by atoms with Gasteiger partial charge in [-0.15, -0.1) is 0 Å². The average Bonchev–Trinajstić information content (AvgIpc) is 2.72. The number of nitrogens with zero attached hydrogens (tertiary/aromatic N) is 2. The number of benzene rings is 1. The summed E-state index contributed by atoms with van der Waals surface area (Å²) in [6, 6.07) is 6.10. The second-order valence-corrected chi connectivity index (χ2v) is 4.74. The maximum atomic E-state index is 13.1. The van der Waals surface area contributed by atoms with Crippen molar-refractivity contribution >= 4 is 0 Å². The normalized spacial score (nSPS) is 14.4. The number of rotatable bonds is 4. The van der Waals surface area contributed by atoms with Gasteiger partial charge in [0.1, 0.15) is 11.6 Å². The van der Waals surface area contributed by atoms with Crippen molar-refractivity contribution in [1.82, 2.24) is 9.55 Å². The molecule has 0 bridgehead atoms. The van der Waals surface area contributed by atoms with Gasteiger partial charge in [0.15, 0.2) is 0 Å². The van der Waals surface area contributed by atoms with Crippen LogP contribution in [0.3, 0.4) is 0 Å². The lowest BCUT2D eigenvalue weighted by Gasteiger charge is -2.23. The first-order valence-electron chi connectivity index (χ1n) is 5.94.